The van der Waals surface area contributed by atoms with Crippen LogP contribution in [-0.2, 0) is 0 Å². The summed E-state index contributed by atoms with van der Waals surface area (Å²) in [6.07, 6.45) is 1.48. The summed E-state index contributed by atoms with van der Waals surface area (Å²) in [7, 11) is 0. The lowest BCUT2D eigenvalue weighted by atomic mass is 10.2. The highest BCUT2D eigenvalue weighted by atomic mass is 79.9. The van der Waals surface area contributed by atoms with Gasteiger partial charge < -0.3 is 5.32 Å². The molecule has 6 heteroatoms. The Morgan fingerprint density at radius 2 is 2.11 bits per heavy atom. The zero-order valence-corrected chi connectivity index (χ0v) is 11.3. The highest BCUT2D eigenvalue weighted by molar-refractivity contribution is 9.10. The number of hydrogen-bond donors (Lipinski definition) is 1. The third-order valence-corrected chi connectivity index (χ3v) is 3.02. The SMILES string of the molecule is O=C(Nc1ccnc(Cl)c1)c1ccc(F)cc1Br. The van der Waals surface area contributed by atoms with Crippen LogP contribution in [-0.4, -0.2) is 10.9 Å². The number of benzene rings is 1. The van der Waals surface area contributed by atoms with E-state index in [1.54, 1.807) is 6.07 Å². The first-order valence-electron chi connectivity index (χ1n) is 4.94. The Labute approximate surface area is 116 Å². The molecule has 0 atom stereocenters. The summed E-state index contributed by atoms with van der Waals surface area (Å²) >= 11 is 8.84. The number of carbonyl (C=O) groups excluding carboxylic acids is 1. The fraction of sp³-hybridized carbons (Fsp3) is 0. The van der Waals surface area contributed by atoms with E-state index in [0.29, 0.717) is 15.7 Å². The number of anilines is 1. The van der Waals surface area contributed by atoms with Crippen LogP contribution >= 0.6 is 27.5 Å². The summed E-state index contributed by atoms with van der Waals surface area (Å²) in [6.45, 7) is 0. The van der Waals surface area contributed by atoms with E-state index < -0.39 is 5.82 Å². The third-order valence-electron chi connectivity index (χ3n) is 2.16. The Morgan fingerprint density at radius 3 is 2.78 bits per heavy atom. The fourth-order valence-electron chi connectivity index (χ4n) is 1.35. The Kier molecular flexibility index (Phi) is 3.93. The van der Waals surface area contributed by atoms with Crippen LogP contribution in [0.15, 0.2) is 41.0 Å². The maximum atomic E-state index is 12.9. The van der Waals surface area contributed by atoms with Gasteiger partial charge in [-0.15, -0.1) is 0 Å². The molecular weight excluding hydrogens is 322 g/mol. The molecule has 2 aromatic rings. The molecule has 0 unspecified atom stereocenters. The second-order valence-electron chi connectivity index (χ2n) is 3.45. The number of nitrogens with one attached hydrogen (secondary N) is 1. The van der Waals surface area contributed by atoms with Crippen LogP contribution in [0.3, 0.4) is 0 Å². The van der Waals surface area contributed by atoms with Gasteiger partial charge in [0.15, 0.2) is 0 Å². The number of pyridine rings is 1. The first-order valence-corrected chi connectivity index (χ1v) is 6.11. The lowest BCUT2D eigenvalue weighted by Crippen LogP contribution is -2.12. The molecule has 0 aliphatic heterocycles. The van der Waals surface area contributed by atoms with E-state index in [0.717, 1.165) is 0 Å². The van der Waals surface area contributed by atoms with Gasteiger partial charge in [0, 0.05) is 16.4 Å². The molecule has 3 nitrogen and oxygen atoms in total. The summed E-state index contributed by atoms with van der Waals surface area (Å²) in [5.41, 5.74) is 0.862. The van der Waals surface area contributed by atoms with E-state index in [9.17, 15) is 9.18 Å². The molecular formula is C12H7BrClFN2O. The van der Waals surface area contributed by atoms with Crippen molar-refractivity contribution in [3.63, 3.8) is 0 Å². The van der Waals surface area contributed by atoms with Gasteiger partial charge in [-0.25, -0.2) is 9.37 Å². The predicted molar refractivity (Wildman–Crippen MR) is 71.3 cm³/mol. The zero-order chi connectivity index (χ0) is 13.1. The number of hydrogen-bond acceptors (Lipinski definition) is 2. The van der Waals surface area contributed by atoms with Crippen molar-refractivity contribution in [3.05, 3.63) is 57.5 Å². The van der Waals surface area contributed by atoms with Gasteiger partial charge >= 0.3 is 0 Å². The molecule has 1 heterocycles. The molecule has 92 valence electrons. The summed E-state index contributed by atoms with van der Waals surface area (Å²) in [5.74, 6) is -0.769. The molecule has 1 amide bonds. The lowest BCUT2D eigenvalue weighted by molar-refractivity contribution is 0.102. The van der Waals surface area contributed by atoms with Crippen LogP contribution in [0.2, 0.25) is 5.15 Å². The van der Waals surface area contributed by atoms with E-state index in [2.05, 4.69) is 26.2 Å². The van der Waals surface area contributed by atoms with Gasteiger partial charge in [-0.3, -0.25) is 4.79 Å². The molecule has 0 bridgehead atoms. The minimum atomic E-state index is -0.412. The molecule has 0 saturated heterocycles. The van der Waals surface area contributed by atoms with Crippen LogP contribution in [0.4, 0.5) is 10.1 Å². The average molecular weight is 330 g/mol. The number of amides is 1. The topological polar surface area (TPSA) is 42.0 Å². The molecule has 1 aromatic heterocycles. The monoisotopic (exact) mass is 328 g/mol. The van der Waals surface area contributed by atoms with Gasteiger partial charge in [0.05, 0.1) is 5.56 Å². The number of halogens is 3. The highest BCUT2D eigenvalue weighted by Crippen LogP contribution is 2.20. The van der Waals surface area contributed by atoms with E-state index >= 15 is 0 Å². The number of nitrogens with zero attached hydrogens (tertiary/aromatic N) is 1. The summed E-state index contributed by atoms with van der Waals surface area (Å²) in [5, 5.41) is 2.93. The normalized spacial score (nSPS) is 10.2. The largest absolute Gasteiger partial charge is 0.322 e. The molecule has 2 rings (SSSR count). The maximum Gasteiger partial charge on any atom is 0.256 e. The van der Waals surface area contributed by atoms with E-state index in [-0.39, 0.29) is 11.1 Å². The number of carbonyl (C=O) groups is 1. The van der Waals surface area contributed by atoms with Crippen molar-refractivity contribution in [1.29, 1.82) is 0 Å². The van der Waals surface area contributed by atoms with Crippen LogP contribution in [0, 0.1) is 5.82 Å². The smallest absolute Gasteiger partial charge is 0.256 e. The minimum Gasteiger partial charge on any atom is -0.322 e. The number of aromatic nitrogens is 1. The van der Waals surface area contributed by atoms with Crippen molar-refractivity contribution in [1.82, 2.24) is 4.98 Å². The first-order chi connectivity index (χ1) is 8.56. The molecule has 1 aromatic carbocycles. The van der Waals surface area contributed by atoms with Gasteiger partial charge in [0.2, 0.25) is 0 Å². The second kappa shape index (κ2) is 5.46. The van der Waals surface area contributed by atoms with Gasteiger partial charge in [0.25, 0.3) is 5.91 Å². The Morgan fingerprint density at radius 1 is 1.33 bits per heavy atom. The van der Waals surface area contributed by atoms with Gasteiger partial charge in [0.1, 0.15) is 11.0 Å². The minimum absolute atomic E-state index is 0.283. The third kappa shape index (κ3) is 3.05. The van der Waals surface area contributed by atoms with Gasteiger partial charge in [-0.05, 0) is 46.3 Å². The van der Waals surface area contributed by atoms with E-state index in [1.165, 1.54) is 30.5 Å². The molecule has 0 fully saturated rings. The van der Waals surface area contributed by atoms with Crippen molar-refractivity contribution in [2.24, 2.45) is 0 Å². The van der Waals surface area contributed by atoms with Crippen molar-refractivity contribution in [3.8, 4) is 0 Å². The van der Waals surface area contributed by atoms with Gasteiger partial charge in [-0.1, -0.05) is 11.6 Å². The van der Waals surface area contributed by atoms with Crippen LogP contribution in [0.1, 0.15) is 10.4 Å². The van der Waals surface area contributed by atoms with Crippen molar-refractivity contribution >= 4 is 39.1 Å². The van der Waals surface area contributed by atoms with E-state index in [1.807, 2.05) is 0 Å². The Hall–Kier alpha value is -1.46. The molecule has 0 radical (unpaired) electrons. The Bertz CT molecular complexity index is 606. The lowest BCUT2D eigenvalue weighted by Gasteiger charge is -2.06. The standard InChI is InChI=1S/C12H7BrClFN2O/c13-10-5-7(15)1-2-9(10)12(18)17-8-3-4-16-11(14)6-8/h1-6H,(H,16,17,18). The van der Waals surface area contributed by atoms with Crippen molar-refractivity contribution in [2.75, 3.05) is 5.32 Å². The molecule has 0 spiro atoms. The predicted octanol–water partition coefficient (Wildman–Crippen LogP) is 3.89. The van der Waals surface area contributed by atoms with Gasteiger partial charge in [-0.2, -0.15) is 0 Å². The summed E-state index contributed by atoms with van der Waals surface area (Å²) in [6, 6.07) is 6.99. The molecule has 0 aliphatic carbocycles. The van der Waals surface area contributed by atoms with E-state index in [4.69, 9.17) is 11.6 Å². The summed E-state index contributed by atoms with van der Waals surface area (Å²) < 4.78 is 13.3. The van der Waals surface area contributed by atoms with Crippen LogP contribution in [0.5, 0.6) is 0 Å². The molecule has 0 aliphatic rings. The maximum absolute atomic E-state index is 12.9. The fourth-order valence-corrected chi connectivity index (χ4v) is 2.06. The van der Waals surface area contributed by atoms with Crippen LogP contribution in [0.25, 0.3) is 0 Å². The van der Waals surface area contributed by atoms with Crippen LogP contribution < -0.4 is 5.32 Å². The average Bonchev–Trinajstić information content (AvgIpc) is 2.28. The summed E-state index contributed by atoms with van der Waals surface area (Å²) in [4.78, 5) is 15.7. The zero-order valence-electron chi connectivity index (χ0n) is 8.95. The second-order valence-corrected chi connectivity index (χ2v) is 4.69. The van der Waals surface area contributed by atoms with Crippen molar-refractivity contribution < 1.29 is 9.18 Å². The first kappa shape index (κ1) is 13.0. The molecule has 18 heavy (non-hydrogen) atoms. The molecule has 1 N–H and O–H groups in total. The Balaban J connectivity index is 2.22. The quantitative estimate of drug-likeness (QED) is 0.849. The molecule has 0 saturated carbocycles. The van der Waals surface area contributed by atoms with Crippen molar-refractivity contribution in [2.45, 2.75) is 0 Å². The number of rotatable bonds is 2. The highest BCUT2D eigenvalue weighted by Gasteiger charge is 2.11.